The van der Waals surface area contributed by atoms with Crippen LogP contribution in [-0.4, -0.2) is 5.66 Å². The molecule has 14 heavy (non-hydrogen) atoms. The van der Waals surface area contributed by atoms with E-state index >= 15 is 0 Å². The van der Waals surface area contributed by atoms with E-state index in [1.807, 2.05) is 0 Å². The van der Waals surface area contributed by atoms with Gasteiger partial charge in [-0.05, 0) is 21.7 Å². The zero-order valence-electron chi connectivity index (χ0n) is 8.62. The van der Waals surface area contributed by atoms with Crippen LogP contribution in [0.4, 0.5) is 0 Å². The summed E-state index contributed by atoms with van der Waals surface area (Å²) in [7, 11) is 0.915. The number of fused-ring (bicyclic) bond motifs is 1. The molecular weight excluding hydrogens is 187 g/mol. The molecule has 0 fully saturated rings. The van der Waals surface area contributed by atoms with Crippen LogP contribution in [0.1, 0.15) is 13.8 Å². The molecule has 72 valence electrons. The first kappa shape index (κ1) is 9.68. The van der Waals surface area contributed by atoms with Crippen LogP contribution in [-0.2, 0) is 0 Å². The minimum absolute atomic E-state index is 0.751. The highest BCUT2D eigenvalue weighted by Crippen LogP contribution is 2.23. The maximum atomic E-state index is 2.28. The first-order valence-corrected chi connectivity index (χ1v) is 6.09. The van der Waals surface area contributed by atoms with Gasteiger partial charge in [-0.3, -0.25) is 0 Å². The largest absolute Gasteiger partial charge is 0.0871 e. The average molecular weight is 202 g/mol. The molecule has 0 saturated heterocycles. The van der Waals surface area contributed by atoms with E-state index in [0.29, 0.717) is 0 Å². The maximum Gasteiger partial charge on any atom is -0.0110 e. The predicted molar refractivity (Wildman–Crippen MR) is 67.0 cm³/mol. The molecule has 0 aromatic heterocycles. The van der Waals surface area contributed by atoms with Crippen molar-refractivity contribution in [2.75, 3.05) is 0 Å². The Bertz CT molecular complexity index is 427. The van der Waals surface area contributed by atoms with Crippen LogP contribution < -0.4 is 5.30 Å². The van der Waals surface area contributed by atoms with Crippen molar-refractivity contribution in [2.24, 2.45) is 0 Å². The van der Waals surface area contributed by atoms with Crippen LogP contribution in [0.15, 0.2) is 42.5 Å². The molecule has 2 aromatic carbocycles. The third-order valence-electron chi connectivity index (χ3n) is 2.23. The summed E-state index contributed by atoms with van der Waals surface area (Å²) in [4.78, 5) is 0. The van der Waals surface area contributed by atoms with E-state index in [1.54, 1.807) is 0 Å². The number of benzene rings is 2. The molecule has 1 atom stereocenters. The van der Waals surface area contributed by atoms with Crippen molar-refractivity contribution in [2.45, 2.75) is 19.5 Å². The van der Waals surface area contributed by atoms with Crippen molar-refractivity contribution >= 4 is 24.7 Å². The minimum Gasteiger partial charge on any atom is -0.0871 e. The van der Waals surface area contributed by atoms with Crippen LogP contribution >= 0.6 is 8.58 Å². The van der Waals surface area contributed by atoms with Gasteiger partial charge in [0, 0.05) is 0 Å². The van der Waals surface area contributed by atoms with Gasteiger partial charge >= 0.3 is 0 Å². The minimum atomic E-state index is 0.751. The van der Waals surface area contributed by atoms with Gasteiger partial charge in [-0.25, -0.2) is 0 Å². The van der Waals surface area contributed by atoms with Crippen molar-refractivity contribution in [1.82, 2.24) is 0 Å². The zero-order chi connectivity index (χ0) is 9.97. The van der Waals surface area contributed by atoms with E-state index in [9.17, 15) is 0 Å². The van der Waals surface area contributed by atoms with Crippen LogP contribution in [0.5, 0.6) is 0 Å². The van der Waals surface area contributed by atoms with Crippen LogP contribution in [0.25, 0.3) is 10.8 Å². The lowest BCUT2D eigenvalue weighted by atomic mass is 10.1. The van der Waals surface area contributed by atoms with Crippen LogP contribution in [0.2, 0.25) is 0 Å². The van der Waals surface area contributed by atoms with Crippen molar-refractivity contribution < 1.29 is 0 Å². The first-order chi connectivity index (χ1) is 6.77. The molecule has 0 saturated carbocycles. The van der Waals surface area contributed by atoms with Gasteiger partial charge in [0.25, 0.3) is 0 Å². The molecule has 0 amide bonds. The highest BCUT2D eigenvalue weighted by Gasteiger charge is 2.01. The Kier molecular flexibility index (Phi) is 2.84. The van der Waals surface area contributed by atoms with Gasteiger partial charge in [-0.2, -0.15) is 0 Å². The molecule has 0 heterocycles. The van der Waals surface area contributed by atoms with Gasteiger partial charge in [0.1, 0.15) is 0 Å². The summed E-state index contributed by atoms with van der Waals surface area (Å²) in [5.74, 6) is 0. The lowest BCUT2D eigenvalue weighted by molar-refractivity contribution is 1.11. The molecule has 2 rings (SSSR count). The number of rotatable bonds is 2. The monoisotopic (exact) mass is 202 g/mol. The summed E-state index contributed by atoms with van der Waals surface area (Å²) in [6.45, 7) is 4.56. The maximum absolute atomic E-state index is 2.28. The summed E-state index contributed by atoms with van der Waals surface area (Å²) in [5.41, 5.74) is 0.751. The summed E-state index contributed by atoms with van der Waals surface area (Å²) in [6.07, 6.45) is 0. The molecule has 0 N–H and O–H groups in total. The second-order valence-corrected chi connectivity index (χ2v) is 5.81. The van der Waals surface area contributed by atoms with Crippen molar-refractivity contribution in [1.29, 1.82) is 0 Å². The predicted octanol–water partition coefficient (Wildman–Crippen LogP) is 3.55. The lowest BCUT2D eigenvalue weighted by Crippen LogP contribution is -2.00. The van der Waals surface area contributed by atoms with Gasteiger partial charge in [0.2, 0.25) is 0 Å². The van der Waals surface area contributed by atoms with E-state index < -0.39 is 0 Å². The Balaban J connectivity index is 2.53. The highest BCUT2D eigenvalue weighted by molar-refractivity contribution is 7.48. The Morgan fingerprint density at radius 1 is 0.929 bits per heavy atom. The molecule has 0 aliphatic heterocycles. The van der Waals surface area contributed by atoms with Gasteiger partial charge in [0.15, 0.2) is 0 Å². The number of hydrogen-bond donors (Lipinski definition) is 0. The van der Waals surface area contributed by atoms with E-state index in [1.165, 1.54) is 16.1 Å². The van der Waals surface area contributed by atoms with Gasteiger partial charge in [-0.15, -0.1) is 0 Å². The quantitative estimate of drug-likeness (QED) is 0.653. The van der Waals surface area contributed by atoms with Crippen LogP contribution in [0.3, 0.4) is 0 Å². The fourth-order valence-corrected chi connectivity index (χ4v) is 2.86. The molecule has 0 spiro atoms. The molecule has 1 heteroatoms. The fourth-order valence-electron chi connectivity index (χ4n) is 1.66. The average Bonchev–Trinajstić information content (AvgIpc) is 2.18. The Labute approximate surface area is 87.1 Å². The van der Waals surface area contributed by atoms with Crippen molar-refractivity contribution in [3.05, 3.63) is 42.5 Å². The second kappa shape index (κ2) is 4.11. The molecule has 0 aliphatic rings. The van der Waals surface area contributed by atoms with E-state index in [0.717, 1.165) is 14.2 Å². The zero-order valence-corrected chi connectivity index (χ0v) is 9.62. The molecular formula is C13H15P. The molecule has 1 unspecified atom stereocenters. The Hall–Kier alpha value is -0.870. The van der Waals surface area contributed by atoms with Crippen molar-refractivity contribution in [3.63, 3.8) is 0 Å². The fraction of sp³-hybridized carbons (Fsp3) is 0.231. The van der Waals surface area contributed by atoms with E-state index in [-0.39, 0.29) is 0 Å². The first-order valence-electron chi connectivity index (χ1n) is 5.01. The summed E-state index contributed by atoms with van der Waals surface area (Å²) >= 11 is 0. The molecule has 0 bridgehead atoms. The van der Waals surface area contributed by atoms with Gasteiger partial charge in [-0.1, -0.05) is 64.9 Å². The van der Waals surface area contributed by atoms with Gasteiger partial charge < -0.3 is 0 Å². The third kappa shape index (κ3) is 1.96. The third-order valence-corrected chi connectivity index (χ3v) is 3.56. The standard InChI is InChI=1S/C13H15P/c1-10(2)14-13-9-5-7-11-6-3-4-8-12(11)13/h3-10,14H,1-2H3. The molecule has 0 nitrogen and oxygen atoms in total. The highest BCUT2D eigenvalue weighted by atomic mass is 31.1. The van der Waals surface area contributed by atoms with E-state index in [4.69, 9.17) is 0 Å². The van der Waals surface area contributed by atoms with Crippen molar-refractivity contribution in [3.8, 4) is 0 Å². The van der Waals surface area contributed by atoms with E-state index in [2.05, 4.69) is 56.3 Å². The SMILES string of the molecule is CC(C)Pc1cccc2ccccc12. The topological polar surface area (TPSA) is 0 Å². The Morgan fingerprint density at radius 2 is 1.64 bits per heavy atom. The summed E-state index contributed by atoms with van der Waals surface area (Å²) < 4.78 is 0. The van der Waals surface area contributed by atoms with Gasteiger partial charge in [0.05, 0.1) is 0 Å². The summed E-state index contributed by atoms with van der Waals surface area (Å²) in [5, 5.41) is 4.28. The molecule has 0 aliphatic carbocycles. The number of hydrogen-bond acceptors (Lipinski definition) is 0. The molecule has 2 aromatic rings. The lowest BCUT2D eigenvalue weighted by Gasteiger charge is -2.08. The smallest absolute Gasteiger partial charge is 0.0110 e. The normalized spacial score (nSPS) is 11.9. The van der Waals surface area contributed by atoms with Crippen LogP contribution in [0, 0.1) is 0 Å². The Morgan fingerprint density at radius 3 is 2.43 bits per heavy atom. The second-order valence-electron chi connectivity index (χ2n) is 3.83. The molecule has 0 radical (unpaired) electrons. The summed E-state index contributed by atoms with van der Waals surface area (Å²) in [6, 6.07) is 15.2.